The molecule has 2 heterocycles. The minimum Gasteiger partial charge on any atom is -0.481 e. The van der Waals surface area contributed by atoms with Crippen molar-refractivity contribution in [1.29, 1.82) is 0 Å². The Bertz CT molecular complexity index is 594. The monoisotopic (exact) mass is 287 g/mol. The van der Waals surface area contributed by atoms with Crippen LogP contribution in [0.5, 0.6) is 5.75 Å². The van der Waals surface area contributed by atoms with Gasteiger partial charge in [-0.05, 0) is 30.9 Å². The number of fused-ring (bicyclic) bond motifs is 1. The van der Waals surface area contributed by atoms with Gasteiger partial charge in [-0.1, -0.05) is 24.3 Å². The van der Waals surface area contributed by atoms with Crippen LogP contribution in [-0.4, -0.2) is 23.5 Å². The molecule has 4 heteroatoms. The normalized spacial score (nSPS) is 18.4. The zero-order valence-corrected chi connectivity index (χ0v) is 12.2. The molecule has 3 nitrogen and oxygen atoms in total. The second kappa shape index (κ2) is 5.67. The van der Waals surface area contributed by atoms with E-state index in [0.717, 1.165) is 24.3 Å². The molecule has 0 bridgehead atoms. The van der Waals surface area contributed by atoms with Gasteiger partial charge < -0.3 is 9.64 Å². The summed E-state index contributed by atoms with van der Waals surface area (Å²) in [6.45, 7) is 3.19. The van der Waals surface area contributed by atoms with Crippen molar-refractivity contribution in [3.8, 4) is 5.75 Å². The van der Waals surface area contributed by atoms with E-state index in [1.54, 1.807) is 11.3 Å². The molecule has 1 aromatic carbocycles. The third kappa shape index (κ3) is 2.70. The Morgan fingerprint density at radius 2 is 2.15 bits per heavy atom. The molecule has 0 spiro atoms. The standard InChI is InChI=1S/C16H17NO2S/c1-12-16(18)17(9-8-14-6-4-10-20-14)11-13-5-2-3-7-15(13)19-12/h2-7,10,12H,8-9,11H2,1H3/t12-/m0/s1. The number of amides is 1. The Hall–Kier alpha value is -1.81. The lowest BCUT2D eigenvalue weighted by Crippen LogP contribution is -2.39. The molecular weight excluding hydrogens is 270 g/mol. The second-order valence-corrected chi connectivity index (χ2v) is 5.99. The maximum absolute atomic E-state index is 12.4. The van der Waals surface area contributed by atoms with E-state index in [2.05, 4.69) is 11.4 Å². The molecule has 1 aromatic heterocycles. The minimum atomic E-state index is -0.415. The van der Waals surface area contributed by atoms with Crippen molar-refractivity contribution in [3.63, 3.8) is 0 Å². The number of hydrogen-bond acceptors (Lipinski definition) is 3. The molecule has 0 saturated carbocycles. The average molecular weight is 287 g/mol. The number of para-hydroxylation sites is 1. The first kappa shape index (κ1) is 13.2. The summed E-state index contributed by atoms with van der Waals surface area (Å²) in [4.78, 5) is 15.6. The number of nitrogens with zero attached hydrogens (tertiary/aromatic N) is 1. The van der Waals surface area contributed by atoms with E-state index in [4.69, 9.17) is 4.74 Å². The van der Waals surface area contributed by atoms with Gasteiger partial charge in [-0.2, -0.15) is 0 Å². The maximum Gasteiger partial charge on any atom is 0.263 e. The van der Waals surface area contributed by atoms with Gasteiger partial charge in [-0.15, -0.1) is 11.3 Å². The molecule has 0 N–H and O–H groups in total. The summed E-state index contributed by atoms with van der Waals surface area (Å²) in [5.41, 5.74) is 1.08. The van der Waals surface area contributed by atoms with Gasteiger partial charge in [0, 0.05) is 23.5 Å². The van der Waals surface area contributed by atoms with Crippen LogP contribution in [0.15, 0.2) is 41.8 Å². The fourth-order valence-electron chi connectivity index (χ4n) is 2.42. The lowest BCUT2D eigenvalue weighted by Gasteiger charge is -2.21. The van der Waals surface area contributed by atoms with Gasteiger partial charge in [-0.3, -0.25) is 4.79 Å². The topological polar surface area (TPSA) is 29.5 Å². The molecule has 3 rings (SSSR count). The van der Waals surface area contributed by atoms with Gasteiger partial charge in [0.2, 0.25) is 0 Å². The highest BCUT2D eigenvalue weighted by Crippen LogP contribution is 2.25. The van der Waals surface area contributed by atoms with Crippen LogP contribution < -0.4 is 4.74 Å². The van der Waals surface area contributed by atoms with Gasteiger partial charge in [0.1, 0.15) is 5.75 Å². The summed E-state index contributed by atoms with van der Waals surface area (Å²) in [5.74, 6) is 0.893. The molecule has 0 unspecified atom stereocenters. The van der Waals surface area contributed by atoms with E-state index < -0.39 is 6.10 Å². The molecule has 0 aliphatic carbocycles. The molecule has 1 amide bonds. The van der Waals surface area contributed by atoms with Crippen molar-refractivity contribution in [2.45, 2.75) is 26.0 Å². The first-order valence-corrected chi connectivity index (χ1v) is 7.68. The van der Waals surface area contributed by atoms with E-state index in [0.29, 0.717) is 6.54 Å². The molecule has 20 heavy (non-hydrogen) atoms. The number of hydrogen-bond donors (Lipinski definition) is 0. The summed E-state index contributed by atoms with van der Waals surface area (Å²) in [7, 11) is 0. The number of carbonyl (C=O) groups excluding carboxylic acids is 1. The fourth-order valence-corrected chi connectivity index (χ4v) is 3.12. The molecule has 2 aromatic rings. The van der Waals surface area contributed by atoms with Crippen molar-refractivity contribution < 1.29 is 9.53 Å². The SMILES string of the molecule is C[C@@H]1Oc2ccccc2CN(CCc2cccs2)C1=O. The van der Waals surface area contributed by atoms with Crippen LogP contribution in [0, 0.1) is 0 Å². The number of benzene rings is 1. The number of carbonyl (C=O) groups is 1. The number of thiophene rings is 1. The zero-order chi connectivity index (χ0) is 13.9. The van der Waals surface area contributed by atoms with Gasteiger partial charge in [0.05, 0.1) is 0 Å². The van der Waals surface area contributed by atoms with Crippen molar-refractivity contribution >= 4 is 17.2 Å². The zero-order valence-electron chi connectivity index (χ0n) is 11.4. The van der Waals surface area contributed by atoms with E-state index >= 15 is 0 Å². The van der Waals surface area contributed by atoms with Gasteiger partial charge in [0.15, 0.2) is 6.10 Å². The number of ether oxygens (including phenoxy) is 1. The second-order valence-electron chi connectivity index (χ2n) is 4.96. The summed E-state index contributed by atoms with van der Waals surface area (Å²) in [6, 6.07) is 12.0. The van der Waals surface area contributed by atoms with Gasteiger partial charge >= 0.3 is 0 Å². The highest BCUT2D eigenvalue weighted by atomic mass is 32.1. The van der Waals surface area contributed by atoms with Crippen molar-refractivity contribution in [3.05, 3.63) is 52.2 Å². The average Bonchev–Trinajstić information content (AvgIpc) is 2.93. The summed E-state index contributed by atoms with van der Waals surface area (Å²) >= 11 is 1.74. The van der Waals surface area contributed by atoms with E-state index in [1.165, 1.54) is 4.88 Å². The van der Waals surface area contributed by atoms with Gasteiger partial charge in [-0.25, -0.2) is 0 Å². The van der Waals surface area contributed by atoms with Crippen molar-refractivity contribution in [1.82, 2.24) is 4.90 Å². The van der Waals surface area contributed by atoms with E-state index in [1.807, 2.05) is 42.2 Å². The molecule has 1 aliphatic rings. The lowest BCUT2D eigenvalue weighted by molar-refractivity contribution is -0.137. The van der Waals surface area contributed by atoms with Crippen LogP contribution in [0.3, 0.4) is 0 Å². The highest BCUT2D eigenvalue weighted by molar-refractivity contribution is 7.09. The van der Waals surface area contributed by atoms with Crippen LogP contribution in [0.2, 0.25) is 0 Å². The maximum atomic E-state index is 12.4. The molecule has 0 fully saturated rings. The van der Waals surface area contributed by atoms with Crippen molar-refractivity contribution in [2.24, 2.45) is 0 Å². The Morgan fingerprint density at radius 3 is 2.95 bits per heavy atom. The van der Waals surface area contributed by atoms with Crippen LogP contribution in [-0.2, 0) is 17.8 Å². The third-order valence-corrected chi connectivity index (χ3v) is 4.44. The lowest BCUT2D eigenvalue weighted by atomic mass is 10.2. The van der Waals surface area contributed by atoms with E-state index in [9.17, 15) is 4.79 Å². The summed E-state index contributed by atoms with van der Waals surface area (Å²) < 4.78 is 5.75. The minimum absolute atomic E-state index is 0.0674. The Morgan fingerprint density at radius 1 is 1.30 bits per heavy atom. The molecule has 0 radical (unpaired) electrons. The predicted molar refractivity (Wildman–Crippen MR) is 80.0 cm³/mol. The molecule has 0 saturated heterocycles. The van der Waals surface area contributed by atoms with Gasteiger partial charge in [0.25, 0.3) is 5.91 Å². The largest absolute Gasteiger partial charge is 0.481 e. The summed E-state index contributed by atoms with van der Waals surface area (Å²) in [6.07, 6.45) is 0.486. The van der Waals surface area contributed by atoms with E-state index in [-0.39, 0.29) is 5.91 Å². The summed E-state index contributed by atoms with van der Waals surface area (Å²) in [5, 5.41) is 2.07. The molecule has 104 valence electrons. The Labute approximate surface area is 122 Å². The molecule has 1 atom stereocenters. The van der Waals surface area contributed by atoms with Crippen LogP contribution >= 0.6 is 11.3 Å². The first-order chi connectivity index (χ1) is 9.74. The fraction of sp³-hybridized carbons (Fsp3) is 0.312. The van der Waals surface area contributed by atoms with Crippen LogP contribution in [0.1, 0.15) is 17.4 Å². The highest BCUT2D eigenvalue weighted by Gasteiger charge is 2.27. The quantitative estimate of drug-likeness (QED) is 0.868. The van der Waals surface area contributed by atoms with Crippen molar-refractivity contribution in [2.75, 3.05) is 6.54 Å². The smallest absolute Gasteiger partial charge is 0.263 e. The molecular formula is C16H17NO2S. The number of rotatable bonds is 3. The molecule has 1 aliphatic heterocycles. The van der Waals surface area contributed by atoms with Crippen LogP contribution in [0.25, 0.3) is 0 Å². The first-order valence-electron chi connectivity index (χ1n) is 6.80. The Balaban J connectivity index is 1.77. The third-order valence-electron chi connectivity index (χ3n) is 3.51. The van der Waals surface area contributed by atoms with Crippen LogP contribution in [0.4, 0.5) is 0 Å². The Kier molecular flexibility index (Phi) is 3.74. The predicted octanol–water partition coefficient (Wildman–Crippen LogP) is 3.10.